The Hall–Kier alpha value is -0.740. The van der Waals surface area contributed by atoms with E-state index in [1.807, 2.05) is 36.4 Å². The van der Waals surface area contributed by atoms with Crippen LogP contribution in [0.4, 0.5) is 5.69 Å². The number of hydrogen-bond acceptors (Lipinski definition) is 2. The van der Waals surface area contributed by atoms with Crippen LogP contribution in [0.15, 0.2) is 46.9 Å². The largest absolute Gasteiger partial charge is 0.376 e. The molecule has 0 amide bonds. The topological polar surface area (TPSA) is 38.0 Å². The highest BCUT2D eigenvalue weighted by Crippen LogP contribution is 2.32. The molecule has 19 heavy (non-hydrogen) atoms. The van der Waals surface area contributed by atoms with Crippen LogP contribution in [0.1, 0.15) is 11.6 Å². The summed E-state index contributed by atoms with van der Waals surface area (Å²) in [5.41, 5.74) is 7.70. The zero-order valence-electron chi connectivity index (χ0n) is 10.0. The zero-order chi connectivity index (χ0) is 13.8. The van der Waals surface area contributed by atoms with Crippen LogP contribution in [-0.4, -0.2) is 6.54 Å². The Morgan fingerprint density at radius 2 is 1.84 bits per heavy atom. The summed E-state index contributed by atoms with van der Waals surface area (Å²) in [5.74, 6) is 0. The maximum absolute atomic E-state index is 6.23. The minimum Gasteiger partial charge on any atom is -0.376 e. The van der Waals surface area contributed by atoms with Gasteiger partial charge in [0.2, 0.25) is 0 Å². The van der Waals surface area contributed by atoms with Gasteiger partial charge in [-0.2, -0.15) is 0 Å². The summed E-state index contributed by atoms with van der Waals surface area (Å²) in [5, 5.41) is 4.44. The zero-order valence-corrected chi connectivity index (χ0v) is 13.1. The molecular formula is C14H13BrCl2N2. The van der Waals surface area contributed by atoms with Gasteiger partial charge in [0.1, 0.15) is 0 Å². The average Bonchev–Trinajstić information content (AvgIpc) is 2.41. The Labute approximate surface area is 131 Å². The van der Waals surface area contributed by atoms with Gasteiger partial charge in [0.25, 0.3) is 0 Å². The summed E-state index contributed by atoms with van der Waals surface area (Å²) in [6.45, 7) is 0.418. The van der Waals surface area contributed by atoms with Crippen LogP contribution >= 0.6 is 39.1 Å². The predicted octanol–water partition coefficient (Wildman–Crippen LogP) is 4.87. The minimum atomic E-state index is -0.0927. The van der Waals surface area contributed by atoms with E-state index in [2.05, 4.69) is 21.2 Å². The number of anilines is 1. The van der Waals surface area contributed by atoms with E-state index >= 15 is 0 Å². The van der Waals surface area contributed by atoms with Gasteiger partial charge in [0.15, 0.2) is 0 Å². The number of rotatable bonds is 4. The molecule has 0 aliphatic heterocycles. The molecule has 0 heterocycles. The first-order valence-electron chi connectivity index (χ1n) is 5.78. The monoisotopic (exact) mass is 358 g/mol. The van der Waals surface area contributed by atoms with E-state index in [0.717, 1.165) is 15.7 Å². The van der Waals surface area contributed by atoms with Crippen molar-refractivity contribution in [2.75, 3.05) is 11.9 Å². The molecule has 2 nitrogen and oxygen atoms in total. The van der Waals surface area contributed by atoms with Gasteiger partial charge in [-0.3, -0.25) is 0 Å². The first kappa shape index (κ1) is 14.7. The van der Waals surface area contributed by atoms with Crippen LogP contribution in [0.5, 0.6) is 0 Å². The molecule has 3 N–H and O–H groups in total. The van der Waals surface area contributed by atoms with Crippen LogP contribution in [0.3, 0.4) is 0 Å². The fourth-order valence-electron chi connectivity index (χ4n) is 1.82. The molecule has 5 heteroatoms. The quantitative estimate of drug-likeness (QED) is 0.817. The Morgan fingerprint density at radius 1 is 1.11 bits per heavy atom. The summed E-state index contributed by atoms with van der Waals surface area (Å²) in [6.07, 6.45) is 0. The van der Waals surface area contributed by atoms with E-state index in [4.69, 9.17) is 28.9 Å². The van der Waals surface area contributed by atoms with Crippen LogP contribution in [0.25, 0.3) is 0 Å². The van der Waals surface area contributed by atoms with E-state index in [1.54, 1.807) is 6.07 Å². The number of para-hydroxylation sites is 1. The summed E-state index contributed by atoms with van der Waals surface area (Å²) in [7, 11) is 0. The summed E-state index contributed by atoms with van der Waals surface area (Å²) < 4.78 is 0.978. The van der Waals surface area contributed by atoms with Gasteiger partial charge >= 0.3 is 0 Å². The Morgan fingerprint density at radius 3 is 2.53 bits per heavy atom. The van der Waals surface area contributed by atoms with E-state index in [-0.39, 0.29) is 6.04 Å². The first-order valence-corrected chi connectivity index (χ1v) is 7.33. The second kappa shape index (κ2) is 6.62. The lowest BCUT2D eigenvalue weighted by atomic mass is 10.1. The molecule has 0 bridgehead atoms. The van der Waals surface area contributed by atoms with Crippen molar-refractivity contribution in [1.82, 2.24) is 0 Å². The maximum atomic E-state index is 6.23. The molecule has 0 aliphatic carbocycles. The molecule has 2 aromatic carbocycles. The van der Waals surface area contributed by atoms with Gasteiger partial charge < -0.3 is 11.1 Å². The summed E-state index contributed by atoms with van der Waals surface area (Å²) in [6, 6.07) is 13.3. The molecule has 2 rings (SSSR count). The Bertz CT molecular complexity index is 575. The fraction of sp³-hybridized carbons (Fsp3) is 0.143. The number of hydrogen-bond donors (Lipinski definition) is 2. The van der Waals surface area contributed by atoms with Gasteiger partial charge in [0, 0.05) is 16.7 Å². The number of halogens is 3. The second-order valence-electron chi connectivity index (χ2n) is 4.06. The highest BCUT2D eigenvalue weighted by molar-refractivity contribution is 9.10. The summed E-state index contributed by atoms with van der Waals surface area (Å²) >= 11 is 15.8. The van der Waals surface area contributed by atoms with Gasteiger partial charge in [0.05, 0.1) is 16.1 Å². The Kier molecular flexibility index (Phi) is 5.11. The third-order valence-corrected chi connectivity index (χ3v) is 4.32. The molecule has 0 fully saturated rings. The fourth-order valence-corrected chi connectivity index (χ4v) is 2.66. The molecule has 0 aliphatic rings. The smallest absolute Gasteiger partial charge is 0.0651 e. The van der Waals surface area contributed by atoms with E-state index in [1.165, 1.54) is 0 Å². The molecule has 1 unspecified atom stereocenters. The van der Waals surface area contributed by atoms with Crippen molar-refractivity contribution < 1.29 is 0 Å². The predicted molar refractivity (Wildman–Crippen MR) is 86.0 cm³/mol. The lowest BCUT2D eigenvalue weighted by Crippen LogP contribution is -2.21. The maximum Gasteiger partial charge on any atom is 0.0651 e. The molecule has 2 aromatic rings. The lowest BCUT2D eigenvalue weighted by Gasteiger charge is -2.21. The third-order valence-electron chi connectivity index (χ3n) is 2.80. The van der Waals surface area contributed by atoms with Crippen LogP contribution in [0.2, 0.25) is 10.0 Å². The number of benzene rings is 2. The Balaban J connectivity index is 2.31. The normalized spacial score (nSPS) is 12.2. The van der Waals surface area contributed by atoms with Crippen LogP contribution in [0, 0.1) is 0 Å². The van der Waals surface area contributed by atoms with Crippen molar-refractivity contribution in [3.05, 3.63) is 62.5 Å². The molecule has 100 valence electrons. The van der Waals surface area contributed by atoms with Crippen molar-refractivity contribution >= 4 is 44.8 Å². The SMILES string of the molecule is NCC(Nc1ccccc1Br)c1cccc(Cl)c1Cl. The van der Waals surface area contributed by atoms with Crippen molar-refractivity contribution in [1.29, 1.82) is 0 Å². The number of nitrogens with two attached hydrogens (primary N) is 1. The standard InChI is InChI=1S/C14H13BrCl2N2/c15-10-5-1-2-7-12(10)19-13(8-18)9-4-3-6-11(16)14(9)17/h1-7,13,19H,8,18H2. The molecular weight excluding hydrogens is 347 g/mol. The minimum absolute atomic E-state index is 0.0927. The van der Waals surface area contributed by atoms with Gasteiger partial charge in [-0.15, -0.1) is 0 Å². The average molecular weight is 360 g/mol. The van der Waals surface area contributed by atoms with Gasteiger partial charge in [-0.25, -0.2) is 0 Å². The van der Waals surface area contributed by atoms with Gasteiger partial charge in [-0.05, 0) is 39.7 Å². The van der Waals surface area contributed by atoms with Crippen molar-refractivity contribution in [3.63, 3.8) is 0 Å². The number of nitrogens with one attached hydrogen (secondary N) is 1. The van der Waals surface area contributed by atoms with Crippen molar-refractivity contribution in [2.24, 2.45) is 5.73 Å². The molecule has 0 spiro atoms. The molecule has 0 saturated carbocycles. The van der Waals surface area contributed by atoms with Gasteiger partial charge in [-0.1, -0.05) is 47.5 Å². The highest BCUT2D eigenvalue weighted by Gasteiger charge is 2.15. The highest BCUT2D eigenvalue weighted by atomic mass is 79.9. The van der Waals surface area contributed by atoms with Crippen molar-refractivity contribution in [3.8, 4) is 0 Å². The van der Waals surface area contributed by atoms with E-state index < -0.39 is 0 Å². The second-order valence-corrected chi connectivity index (χ2v) is 5.70. The van der Waals surface area contributed by atoms with Crippen LogP contribution in [-0.2, 0) is 0 Å². The lowest BCUT2D eigenvalue weighted by molar-refractivity contribution is 0.789. The first-order chi connectivity index (χ1) is 9.13. The molecule has 0 aromatic heterocycles. The van der Waals surface area contributed by atoms with E-state index in [9.17, 15) is 0 Å². The van der Waals surface area contributed by atoms with Crippen molar-refractivity contribution in [2.45, 2.75) is 6.04 Å². The summed E-state index contributed by atoms with van der Waals surface area (Å²) in [4.78, 5) is 0. The molecule has 1 atom stereocenters. The molecule has 0 saturated heterocycles. The third kappa shape index (κ3) is 3.42. The van der Waals surface area contributed by atoms with E-state index in [0.29, 0.717) is 16.6 Å². The molecule has 0 radical (unpaired) electrons. The van der Waals surface area contributed by atoms with Crippen LogP contribution < -0.4 is 11.1 Å².